The molecule has 4 aromatic rings. The number of ether oxygens (including phenoxy) is 1. The molecule has 0 unspecified atom stereocenters. The van der Waals surface area contributed by atoms with Crippen molar-refractivity contribution in [2.75, 3.05) is 11.5 Å². The number of phenolic OH excluding ortho intramolecular Hbond substituents is 1. The summed E-state index contributed by atoms with van der Waals surface area (Å²) < 4.78 is 11.4. The van der Waals surface area contributed by atoms with E-state index in [0.717, 1.165) is 5.56 Å². The number of fused-ring (bicyclic) bond motifs is 1. The Bertz CT molecular complexity index is 1420. The van der Waals surface area contributed by atoms with Crippen molar-refractivity contribution in [1.29, 1.82) is 0 Å². The Morgan fingerprint density at radius 1 is 0.971 bits per heavy atom. The molecule has 3 aromatic carbocycles. The van der Waals surface area contributed by atoms with Crippen LogP contribution >= 0.6 is 0 Å². The Kier molecular flexibility index (Phi) is 6.55. The van der Waals surface area contributed by atoms with E-state index in [0.29, 0.717) is 16.7 Å². The minimum absolute atomic E-state index is 0.0287. The van der Waals surface area contributed by atoms with Crippen LogP contribution in [0.4, 0.5) is 11.4 Å². The standard InChI is InChI=1S/C27H24N2O6/c1-15(30)7-10-22-25(26(32)17-12-20(28)27(33)21(29)13-17)19-9-8-18(14-23(19)35-22)34-24(31)11-16-5-3-2-4-6-16/h2-6,8-9,12-14,33H,7,10-11,28-29H2,1H3. The maximum atomic E-state index is 13.4. The van der Waals surface area contributed by atoms with E-state index in [4.69, 9.17) is 20.6 Å². The van der Waals surface area contributed by atoms with Crippen LogP contribution < -0.4 is 16.2 Å². The molecule has 178 valence electrons. The summed E-state index contributed by atoms with van der Waals surface area (Å²) in [5.74, 6) is -0.629. The number of nitrogens with two attached hydrogens (primary N) is 2. The zero-order valence-electron chi connectivity index (χ0n) is 19.0. The molecule has 0 radical (unpaired) electrons. The van der Waals surface area contributed by atoms with Crippen molar-refractivity contribution < 1.29 is 28.6 Å². The first kappa shape index (κ1) is 23.6. The largest absolute Gasteiger partial charge is 0.504 e. The molecule has 0 saturated heterocycles. The van der Waals surface area contributed by atoms with Gasteiger partial charge in [0.2, 0.25) is 0 Å². The predicted molar refractivity (Wildman–Crippen MR) is 131 cm³/mol. The van der Waals surface area contributed by atoms with E-state index in [-0.39, 0.29) is 59.0 Å². The highest BCUT2D eigenvalue weighted by atomic mass is 16.5. The van der Waals surface area contributed by atoms with Crippen molar-refractivity contribution in [1.82, 2.24) is 0 Å². The molecular formula is C27H24N2O6. The summed E-state index contributed by atoms with van der Waals surface area (Å²) in [4.78, 5) is 37.4. The number of Topliss-reactive ketones (excluding diaryl/α,β-unsaturated/α-hetero) is 1. The number of aryl methyl sites for hydroxylation is 1. The summed E-state index contributed by atoms with van der Waals surface area (Å²) in [7, 11) is 0. The predicted octanol–water partition coefficient (Wildman–Crippen LogP) is 4.20. The molecule has 0 aliphatic heterocycles. The van der Waals surface area contributed by atoms with Crippen molar-refractivity contribution in [2.45, 2.75) is 26.2 Å². The Labute approximate surface area is 201 Å². The van der Waals surface area contributed by atoms with Gasteiger partial charge in [-0.3, -0.25) is 9.59 Å². The zero-order valence-corrected chi connectivity index (χ0v) is 19.0. The van der Waals surface area contributed by atoms with Gasteiger partial charge in [-0.25, -0.2) is 0 Å². The van der Waals surface area contributed by atoms with Gasteiger partial charge < -0.3 is 30.5 Å². The number of hydrogen-bond donors (Lipinski definition) is 3. The third-order valence-electron chi connectivity index (χ3n) is 5.52. The second-order valence-electron chi connectivity index (χ2n) is 8.23. The van der Waals surface area contributed by atoms with Crippen molar-refractivity contribution >= 4 is 39.9 Å². The Morgan fingerprint density at radius 3 is 2.31 bits per heavy atom. The zero-order chi connectivity index (χ0) is 25.1. The summed E-state index contributed by atoms with van der Waals surface area (Å²) in [6.07, 6.45) is 0.491. The molecule has 1 heterocycles. The van der Waals surface area contributed by atoms with E-state index in [2.05, 4.69) is 0 Å². The average molecular weight is 472 g/mol. The van der Waals surface area contributed by atoms with Crippen LogP contribution in [-0.2, 0) is 22.4 Å². The van der Waals surface area contributed by atoms with Crippen LogP contribution in [0, 0.1) is 0 Å². The third-order valence-corrected chi connectivity index (χ3v) is 5.52. The molecular weight excluding hydrogens is 448 g/mol. The van der Waals surface area contributed by atoms with Crippen LogP contribution in [0.2, 0.25) is 0 Å². The van der Waals surface area contributed by atoms with Crippen LogP contribution in [-0.4, -0.2) is 22.6 Å². The number of hydrogen-bond acceptors (Lipinski definition) is 8. The molecule has 4 rings (SSSR count). The van der Waals surface area contributed by atoms with Crippen LogP contribution in [0.1, 0.15) is 40.6 Å². The van der Waals surface area contributed by atoms with Crippen molar-refractivity contribution in [2.24, 2.45) is 0 Å². The lowest BCUT2D eigenvalue weighted by Crippen LogP contribution is -2.11. The van der Waals surface area contributed by atoms with Gasteiger partial charge in [-0.05, 0) is 36.8 Å². The monoisotopic (exact) mass is 472 g/mol. The van der Waals surface area contributed by atoms with Crippen LogP contribution in [0.15, 0.2) is 65.1 Å². The molecule has 1 aromatic heterocycles. The average Bonchev–Trinajstić information content (AvgIpc) is 3.18. The van der Waals surface area contributed by atoms with Crippen LogP contribution in [0.3, 0.4) is 0 Å². The van der Waals surface area contributed by atoms with E-state index >= 15 is 0 Å². The van der Waals surface area contributed by atoms with Crippen LogP contribution in [0.25, 0.3) is 11.0 Å². The molecule has 0 amide bonds. The molecule has 0 bridgehead atoms. The van der Waals surface area contributed by atoms with Gasteiger partial charge in [-0.15, -0.1) is 0 Å². The lowest BCUT2D eigenvalue weighted by Gasteiger charge is -2.08. The van der Waals surface area contributed by atoms with Gasteiger partial charge in [-0.1, -0.05) is 30.3 Å². The molecule has 8 nitrogen and oxygen atoms in total. The molecule has 0 fully saturated rings. The molecule has 35 heavy (non-hydrogen) atoms. The maximum absolute atomic E-state index is 13.4. The molecule has 0 saturated carbocycles. The van der Waals surface area contributed by atoms with Crippen molar-refractivity contribution in [3.63, 3.8) is 0 Å². The first-order valence-corrected chi connectivity index (χ1v) is 10.9. The fraction of sp³-hybridized carbons (Fsp3) is 0.148. The van der Waals surface area contributed by atoms with E-state index in [1.165, 1.54) is 25.1 Å². The summed E-state index contributed by atoms with van der Waals surface area (Å²) in [5, 5.41) is 10.3. The lowest BCUT2D eigenvalue weighted by atomic mass is 9.97. The second kappa shape index (κ2) is 9.72. The quantitative estimate of drug-likeness (QED) is 0.114. The number of carbonyl (C=O) groups excluding carboxylic acids is 3. The molecule has 8 heteroatoms. The van der Waals surface area contributed by atoms with Crippen molar-refractivity contribution in [3.05, 3.63) is 83.1 Å². The third kappa shape index (κ3) is 5.16. The number of anilines is 2. The van der Waals surface area contributed by atoms with E-state index in [1.807, 2.05) is 30.3 Å². The molecule has 0 spiro atoms. The first-order chi connectivity index (χ1) is 16.7. The van der Waals surface area contributed by atoms with Crippen molar-refractivity contribution in [3.8, 4) is 11.5 Å². The smallest absolute Gasteiger partial charge is 0.315 e. The number of aromatic hydroxyl groups is 1. The minimum Gasteiger partial charge on any atom is -0.504 e. The summed E-state index contributed by atoms with van der Waals surface area (Å²) in [6.45, 7) is 1.45. The highest BCUT2D eigenvalue weighted by Crippen LogP contribution is 2.35. The number of esters is 1. The second-order valence-corrected chi connectivity index (χ2v) is 8.23. The number of benzene rings is 3. The number of ketones is 2. The summed E-state index contributed by atoms with van der Waals surface area (Å²) in [6, 6.07) is 16.6. The van der Waals surface area contributed by atoms with Gasteiger partial charge in [0.25, 0.3) is 0 Å². The van der Waals surface area contributed by atoms with E-state index in [1.54, 1.807) is 12.1 Å². The molecule has 0 atom stereocenters. The highest BCUT2D eigenvalue weighted by molar-refractivity contribution is 6.17. The van der Waals surface area contributed by atoms with Crippen LogP contribution in [0.5, 0.6) is 11.5 Å². The number of phenols is 1. The maximum Gasteiger partial charge on any atom is 0.315 e. The van der Waals surface area contributed by atoms with Gasteiger partial charge in [0.05, 0.1) is 23.4 Å². The van der Waals surface area contributed by atoms with Gasteiger partial charge in [0.1, 0.15) is 22.9 Å². The number of nitrogen functional groups attached to an aromatic ring is 2. The van der Waals surface area contributed by atoms with Gasteiger partial charge in [0, 0.05) is 29.9 Å². The fourth-order valence-electron chi connectivity index (χ4n) is 3.79. The Balaban J connectivity index is 1.69. The van der Waals surface area contributed by atoms with E-state index in [9.17, 15) is 19.5 Å². The topological polar surface area (TPSA) is 146 Å². The molecule has 0 aliphatic carbocycles. The van der Waals surface area contributed by atoms with Gasteiger partial charge in [-0.2, -0.15) is 0 Å². The Morgan fingerprint density at radius 2 is 1.66 bits per heavy atom. The first-order valence-electron chi connectivity index (χ1n) is 10.9. The SMILES string of the molecule is CC(=O)CCc1oc2cc(OC(=O)Cc3ccccc3)ccc2c1C(=O)c1cc(N)c(O)c(N)c1. The fourth-order valence-corrected chi connectivity index (χ4v) is 3.79. The normalized spacial score (nSPS) is 10.9. The minimum atomic E-state index is -0.440. The molecule has 0 aliphatic rings. The highest BCUT2D eigenvalue weighted by Gasteiger charge is 2.24. The number of furan rings is 1. The summed E-state index contributed by atoms with van der Waals surface area (Å²) in [5.41, 5.74) is 13.1. The molecule has 5 N–H and O–H groups in total. The Hall–Kier alpha value is -4.59. The van der Waals surface area contributed by atoms with E-state index < -0.39 is 11.8 Å². The van der Waals surface area contributed by atoms with Gasteiger partial charge in [0.15, 0.2) is 11.5 Å². The van der Waals surface area contributed by atoms with Gasteiger partial charge >= 0.3 is 5.97 Å². The number of rotatable bonds is 8. The summed E-state index contributed by atoms with van der Waals surface area (Å²) >= 11 is 0. The number of carbonyl (C=O) groups is 3. The lowest BCUT2D eigenvalue weighted by molar-refractivity contribution is -0.133.